The first-order valence-electron chi connectivity index (χ1n) is 14.2. The lowest BCUT2D eigenvalue weighted by atomic mass is 9.95. The molecule has 0 bridgehead atoms. The van der Waals surface area contributed by atoms with Crippen LogP contribution in [0.2, 0.25) is 0 Å². The molecule has 41 heavy (non-hydrogen) atoms. The van der Waals surface area contributed by atoms with E-state index in [1.165, 1.54) is 0 Å². The number of unbranched alkanes of at least 4 members (excludes halogenated alkanes) is 2. The number of ether oxygens (including phenoxy) is 2. The number of amides is 3. The Hall–Kier alpha value is -3.20. The molecule has 9 heteroatoms. The number of alkyl carbamates (subject to hydrolysis) is 1. The van der Waals surface area contributed by atoms with E-state index in [1.54, 1.807) is 68.8 Å². The number of hydrogen-bond donors (Lipinski definition) is 2. The summed E-state index contributed by atoms with van der Waals surface area (Å²) in [6, 6.07) is 11.3. The molecule has 0 aliphatic rings. The number of methoxy groups -OCH3 is 1. The predicted octanol–water partition coefficient (Wildman–Crippen LogP) is 6.66. The molecule has 0 saturated heterocycles. The maximum atomic E-state index is 14.3. The zero-order chi connectivity index (χ0) is 30.6. The van der Waals surface area contributed by atoms with Crippen LogP contribution in [-0.4, -0.2) is 60.1 Å². The minimum Gasteiger partial charge on any atom is -0.497 e. The fraction of sp³-hybridized carbons (Fsp3) is 0.531. The number of carbonyl (C=O) groups is 3. The van der Waals surface area contributed by atoms with Crippen molar-refractivity contribution in [3.8, 4) is 5.75 Å². The lowest BCUT2D eigenvalue weighted by Crippen LogP contribution is -2.53. The van der Waals surface area contributed by atoms with Crippen molar-refractivity contribution in [2.45, 2.75) is 84.9 Å². The van der Waals surface area contributed by atoms with Gasteiger partial charge in [-0.3, -0.25) is 9.59 Å². The van der Waals surface area contributed by atoms with Crippen molar-refractivity contribution >= 4 is 35.4 Å². The lowest BCUT2D eigenvalue weighted by Gasteiger charge is -2.35. The third kappa shape index (κ3) is 10.9. The summed E-state index contributed by atoms with van der Waals surface area (Å²) in [7, 11) is 1.59. The Labute approximate surface area is 249 Å². The second-order valence-corrected chi connectivity index (χ2v) is 12.2. The number of nitrogens with one attached hydrogen (secondary N) is 2. The standard InChI is InChI=1S/C32H47N3O5S/c1-9-10-11-19-35(30(37)27(18-20-41-8)34-31(38)40-32(4,5)6)28(26-21-22(2)12-13-23(26)3)29(36)33-24-14-16-25(39-7)17-15-24/h12-17,21,27-28H,9-11,18-20H2,1-8H3,(H,33,36)(H,34,38). The maximum Gasteiger partial charge on any atom is 0.408 e. The molecule has 2 atom stereocenters. The van der Waals surface area contributed by atoms with Crippen molar-refractivity contribution in [2.24, 2.45) is 0 Å². The zero-order valence-corrected chi connectivity index (χ0v) is 26.7. The van der Waals surface area contributed by atoms with Crippen LogP contribution in [0.5, 0.6) is 5.75 Å². The highest BCUT2D eigenvalue weighted by Gasteiger charge is 2.36. The normalized spacial score (nSPS) is 12.7. The van der Waals surface area contributed by atoms with Crippen molar-refractivity contribution in [2.75, 3.05) is 31.0 Å². The van der Waals surface area contributed by atoms with Crippen LogP contribution < -0.4 is 15.4 Å². The van der Waals surface area contributed by atoms with Crippen molar-refractivity contribution < 1.29 is 23.9 Å². The number of benzene rings is 2. The summed E-state index contributed by atoms with van der Waals surface area (Å²) >= 11 is 1.59. The van der Waals surface area contributed by atoms with E-state index in [1.807, 2.05) is 38.3 Å². The van der Waals surface area contributed by atoms with Crippen molar-refractivity contribution in [3.63, 3.8) is 0 Å². The van der Waals surface area contributed by atoms with Crippen LogP contribution in [0.4, 0.5) is 10.5 Å². The fourth-order valence-corrected chi connectivity index (χ4v) is 4.90. The number of rotatable bonds is 14. The SMILES string of the molecule is CCCCCN(C(=O)C(CCSC)NC(=O)OC(C)(C)C)C(C(=O)Nc1ccc(OC)cc1)c1cc(C)ccc1C. The molecule has 2 unspecified atom stereocenters. The van der Waals surface area contributed by atoms with E-state index in [9.17, 15) is 14.4 Å². The summed E-state index contributed by atoms with van der Waals surface area (Å²) in [6.07, 6.45) is 4.29. The Morgan fingerprint density at radius 1 is 1.02 bits per heavy atom. The molecule has 0 heterocycles. The molecule has 2 aromatic rings. The van der Waals surface area contributed by atoms with Gasteiger partial charge < -0.3 is 25.0 Å². The minimum absolute atomic E-state index is 0.309. The number of nitrogens with zero attached hydrogens (tertiary/aromatic N) is 1. The van der Waals surface area contributed by atoms with Crippen LogP contribution in [0, 0.1) is 13.8 Å². The summed E-state index contributed by atoms with van der Waals surface area (Å²) in [6.45, 7) is 11.7. The second kappa shape index (κ2) is 16.3. The Bertz CT molecular complexity index is 1150. The van der Waals surface area contributed by atoms with Gasteiger partial charge in [0.25, 0.3) is 5.91 Å². The van der Waals surface area contributed by atoms with Crippen molar-refractivity contribution in [1.29, 1.82) is 0 Å². The monoisotopic (exact) mass is 585 g/mol. The van der Waals surface area contributed by atoms with Crippen LogP contribution in [0.3, 0.4) is 0 Å². The largest absolute Gasteiger partial charge is 0.497 e. The molecule has 0 aliphatic carbocycles. The Morgan fingerprint density at radius 3 is 2.29 bits per heavy atom. The van der Waals surface area contributed by atoms with Gasteiger partial charge >= 0.3 is 6.09 Å². The van der Waals surface area contributed by atoms with E-state index in [4.69, 9.17) is 9.47 Å². The predicted molar refractivity (Wildman–Crippen MR) is 168 cm³/mol. The maximum absolute atomic E-state index is 14.3. The molecule has 226 valence electrons. The molecule has 0 fully saturated rings. The highest BCUT2D eigenvalue weighted by Crippen LogP contribution is 2.29. The van der Waals surface area contributed by atoms with E-state index in [0.717, 1.165) is 36.0 Å². The minimum atomic E-state index is -0.904. The molecule has 2 aromatic carbocycles. The summed E-state index contributed by atoms with van der Waals surface area (Å²) in [4.78, 5) is 42.9. The van der Waals surface area contributed by atoms with E-state index >= 15 is 0 Å². The summed E-state index contributed by atoms with van der Waals surface area (Å²) in [5.74, 6) is 0.697. The lowest BCUT2D eigenvalue weighted by molar-refractivity contribution is -0.141. The van der Waals surface area contributed by atoms with Gasteiger partial charge in [0.05, 0.1) is 7.11 Å². The second-order valence-electron chi connectivity index (χ2n) is 11.2. The number of hydrogen-bond acceptors (Lipinski definition) is 6. The number of anilines is 1. The van der Waals surface area contributed by atoms with Gasteiger partial charge in [0, 0.05) is 12.2 Å². The topological polar surface area (TPSA) is 97.0 Å². The Kier molecular flexibility index (Phi) is 13.5. The van der Waals surface area contributed by atoms with E-state index in [-0.39, 0.29) is 11.8 Å². The quantitative estimate of drug-likeness (QED) is 0.241. The summed E-state index contributed by atoms with van der Waals surface area (Å²) < 4.78 is 10.7. The summed E-state index contributed by atoms with van der Waals surface area (Å²) in [5.41, 5.74) is 2.52. The Balaban J connectivity index is 2.57. The first-order valence-corrected chi connectivity index (χ1v) is 15.6. The van der Waals surface area contributed by atoms with Gasteiger partial charge in [-0.15, -0.1) is 0 Å². The van der Waals surface area contributed by atoms with Crippen LogP contribution in [0.15, 0.2) is 42.5 Å². The summed E-state index contributed by atoms with van der Waals surface area (Å²) in [5, 5.41) is 5.82. The number of thioether (sulfide) groups is 1. The molecule has 3 amide bonds. The van der Waals surface area contributed by atoms with Crippen molar-refractivity contribution in [3.05, 3.63) is 59.2 Å². The van der Waals surface area contributed by atoms with Gasteiger partial charge in [0.1, 0.15) is 23.4 Å². The molecule has 0 spiro atoms. The van der Waals surface area contributed by atoms with E-state index < -0.39 is 23.8 Å². The molecule has 2 rings (SSSR count). The molecular weight excluding hydrogens is 538 g/mol. The number of aryl methyl sites for hydroxylation is 2. The van der Waals surface area contributed by atoms with Gasteiger partial charge in [-0.25, -0.2) is 4.79 Å². The molecule has 0 saturated carbocycles. The van der Waals surface area contributed by atoms with Crippen LogP contribution in [-0.2, 0) is 14.3 Å². The molecule has 0 aliphatic heterocycles. The molecule has 8 nitrogen and oxygen atoms in total. The molecular formula is C32H47N3O5S. The van der Waals surface area contributed by atoms with Gasteiger partial charge in [-0.1, -0.05) is 43.5 Å². The van der Waals surface area contributed by atoms with Gasteiger partial charge in [0.2, 0.25) is 5.91 Å². The van der Waals surface area contributed by atoms with Gasteiger partial charge in [-0.2, -0.15) is 11.8 Å². The average molecular weight is 586 g/mol. The number of carbonyl (C=O) groups excluding carboxylic acids is 3. The van der Waals surface area contributed by atoms with Gasteiger partial charge in [-0.05, 0) is 94.9 Å². The molecule has 2 N–H and O–H groups in total. The van der Waals surface area contributed by atoms with E-state index in [2.05, 4.69) is 17.6 Å². The average Bonchev–Trinajstić information content (AvgIpc) is 2.91. The Morgan fingerprint density at radius 2 is 1.71 bits per heavy atom. The molecule has 0 radical (unpaired) electrons. The fourth-order valence-electron chi connectivity index (χ4n) is 4.43. The first kappa shape index (κ1) is 34.0. The van der Waals surface area contributed by atoms with Crippen molar-refractivity contribution in [1.82, 2.24) is 10.2 Å². The van der Waals surface area contributed by atoms with Crippen LogP contribution in [0.1, 0.15) is 76.1 Å². The smallest absolute Gasteiger partial charge is 0.408 e. The third-order valence-electron chi connectivity index (χ3n) is 6.53. The van der Waals surface area contributed by atoms with Crippen LogP contribution in [0.25, 0.3) is 0 Å². The van der Waals surface area contributed by atoms with E-state index in [0.29, 0.717) is 30.2 Å². The van der Waals surface area contributed by atoms with Crippen LogP contribution >= 0.6 is 11.8 Å². The third-order valence-corrected chi connectivity index (χ3v) is 7.18. The zero-order valence-electron chi connectivity index (χ0n) is 25.8. The van der Waals surface area contributed by atoms with Gasteiger partial charge in [0.15, 0.2) is 0 Å². The highest BCUT2D eigenvalue weighted by molar-refractivity contribution is 7.98. The molecule has 0 aromatic heterocycles. The first-order chi connectivity index (χ1) is 19.4. The highest BCUT2D eigenvalue weighted by atomic mass is 32.2.